The summed E-state index contributed by atoms with van der Waals surface area (Å²) in [4.78, 5) is 0.541. The van der Waals surface area contributed by atoms with Gasteiger partial charge in [0.1, 0.15) is 5.25 Å². The van der Waals surface area contributed by atoms with Crippen molar-refractivity contribution in [2.24, 2.45) is 5.41 Å². The predicted octanol–water partition coefficient (Wildman–Crippen LogP) is 3.32. The third kappa shape index (κ3) is 3.72. The SMILES string of the molecule is CC(CC(C)(C)C)[S+]([O-])c1ccccc1O. The van der Waals surface area contributed by atoms with Crippen LogP contribution < -0.4 is 0 Å². The zero-order valence-corrected chi connectivity index (χ0v) is 11.2. The lowest BCUT2D eigenvalue weighted by Gasteiger charge is -2.25. The molecule has 0 heterocycles. The number of para-hydroxylation sites is 1. The van der Waals surface area contributed by atoms with Crippen molar-refractivity contribution < 1.29 is 9.66 Å². The number of benzene rings is 1. The fourth-order valence-corrected chi connectivity index (χ4v) is 3.35. The second-order valence-electron chi connectivity index (χ2n) is 5.34. The summed E-state index contributed by atoms with van der Waals surface area (Å²) >= 11 is -1.14. The highest BCUT2D eigenvalue weighted by atomic mass is 32.2. The first-order valence-electron chi connectivity index (χ1n) is 5.50. The molecule has 0 radical (unpaired) electrons. The molecule has 90 valence electrons. The molecule has 0 amide bonds. The minimum Gasteiger partial charge on any atom is -0.611 e. The molecule has 3 heteroatoms. The Morgan fingerprint density at radius 2 is 1.88 bits per heavy atom. The highest BCUT2D eigenvalue weighted by molar-refractivity contribution is 7.92. The van der Waals surface area contributed by atoms with Crippen molar-refractivity contribution in [1.29, 1.82) is 0 Å². The molecular formula is C13H20O2S. The van der Waals surface area contributed by atoms with Crippen LogP contribution in [-0.4, -0.2) is 14.9 Å². The Bertz CT molecular complexity index is 344. The zero-order chi connectivity index (χ0) is 12.3. The van der Waals surface area contributed by atoms with E-state index in [2.05, 4.69) is 20.8 Å². The standard InChI is InChI=1S/C13H20O2S/c1-10(9-13(2,3)4)16(15)12-8-6-5-7-11(12)14/h5-8,10,14H,9H2,1-4H3. The number of rotatable bonds is 3. The van der Waals surface area contributed by atoms with Gasteiger partial charge < -0.3 is 9.66 Å². The summed E-state index contributed by atoms with van der Waals surface area (Å²) in [6.45, 7) is 8.36. The van der Waals surface area contributed by atoms with Gasteiger partial charge in [0.15, 0.2) is 10.6 Å². The number of phenols is 1. The summed E-state index contributed by atoms with van der Waals surface area (Å²) in [5, 5.41) is 9.68. The van der Waals surface area contributed by atoms with Gasteiger partial charge in [0.05, 0.1) is 0 Å². The van der Waals surface area contributed by atoms with E-state index in [9.17, 15) is 9.66 Å². The Labute approximate surface area is 101 Å². The van der Waals surface area contributed by atoms with Crippen LogP contribution in [0.4, 0.5) is 0 Å². The molecule has 0 spiro atoms. The summed E-state index contributed by atoms with van der Waals surface area (Å²) in [7, 11) is 0. The van der Waals surface area contributed by atoms with E-state index in [0.717, 1.165) is 6.42 Å². The quantitative estimate of drug-likeness (QED) is 0.824. The van der Waals surface area contributed by atoms with Gasteiger partial charge in [-0.1, -0.05) is 32.9 Å². The monoisotopic (exact) mass is 240 g/mol. The first-order valence-corrected chi connectivity index (χ1v) is 6.71. The first-order chi connectivity index (χ1) is 7.31. The van der Waals surface area contributed by atoms with Gasteiger partial charge in [-0.05, 0) is 42.1 Å². The smallest absolute Gasteiger partial charge is 0.194 e. The Kier molecular flexibility index (Phi) is 4.28. The van der Waals surface area contributed by atoms with Crippen molar-refractivity contribution in [1.82, 2.24) is 0 Å². The summed E-state index contributed by atoms with van der Waals surface area (Å²) in [6.07, 6.45) is 0.869. The number of hydrogen-bond acceptors (Lipinski definition) is 2. The van der Waals surface area contributed by atoms with Gasteiger partial charge in [0.25, 0.3) is 0 Å². The van der Waals surface area contributed by atoms with Gasteiger partial charge in [0, 0.05) is 0 Å². The van der Waals surface area contributed by atoms with E-state index in [4.69, 9.17) is 0 Å². The molecule has 2 atom stereocenters. The fourth-order valence-electron chi connectivity index (χ4n) is 1.78. The molecule has 1 aromatic rings. The Morgan fingerprint density at radius 1 is 1.31 bits per heavy atom. The fraction of sp³-hybridized carbons (Fsp3) is 0.538. The van der Waals surface area contributed by atoms with Gasteiger partial charge in [-0.15, -0.1) is 0 Å². The number of phenolic OH excluding ortho intramolecular Hbond substituents is 1. The zero-order valence-electron chi connectivity index (χ0n) is 10.4. The number of aromatic hydroxyl groups is 1. The van der Waals surface area contributed by atoms with Gasteiger partial charge in [-0.3, -0.25) is 0 Å². The van der Waals surface area contributed by atoms with Crippen LogP contribution >= 0.6 is 0 Å². The van der Waals surface area contributed by atoms with Crippen molar-refractivity contribution in [3.05, 3.63) is 24.3 Å². The summed E-state index contributed by atoms with van der Waals surface area (Å²) in [5.74, 6) is 0.126. The average molecular weight is 240 g/mol. The molecule has 0 bridgehead atoms. The van der Waals surface area contributed by atoms with Crippen LogP contribution in [0, 0.1) is 5.41 Å². The van der Waals surface area contributed by atoms with Crippen LogP contribution in [0.3, 0.4) is 0 Å². The summed E-state index contributed by atoms with van der Waals surface area (Å²) < 4.78 is 12.2. The second kappa shape index (κ2) is 5.11. The molecule has 0 saturated carbocycles. The number of hydrogen-bond donors (Lipinski definition) is 1. The van der Waals surface area contributed by atoms with E-state index in [1.807, 2.05) is 6.92 Å². The summed E-state index contributed by atoms with van der Waals surface area (Å²) in [6, 6.07) is 6.85. The van der Waals surface area contributed by atoms with Crippen molar-refractivity contribution in [3.63, 3.8) is 0 Å². The van der Waals surface area contributed by atoms with Gasteiger partial charge in [-0.2, -0.15) is 0 Å². The third-order valence-corrected chi connectivity index (χ3v) is 4.02. The van der Waals surface area contributed by atoms with Gasteiger partial charge >= 0.3 is 0 Å². The molecule has 2 nitrogen and oxygen atoms in total. The molecule has 0 fully saturated rings. The van der Waals surface area contributed by atoms with Crippen LogP contribution in [-0.2, 0) is 11.2 Å². The lowest BCUT2D eigenvalue weighted by atomic mass is 9.91. The first kappa shape index (κ1) is 13.4. The molecule has 0 aliphatic rings. The largest absolute Gasteiger partial charge is 0.611 e. The van der Waals surface area contributed by atoms with Gasteiger partial charge in [0.2, 0.25) is 0 Å². The predicted molar refractivity (Wildman–Crippen MR) is 68.0 cm³/mol. The molecule has 0 aromatic heterocycles. The highest BCUT2D eigenvalue weighted by Crippen LogP contribution is 2.31. The van der Waals surface area contributed by atoms with E-state index in [0.29, 0.717) is 4.90 Å². The second-order valence-corrected chi connectivity index (χ2v) is 7.18. The van der Waals surface area contributed by atoms with E-state index >= 15 is 0 Å². The van der Waals surface area contributed by atoms with E-state index < -0.39 is 11.2 Å². The van der Waals surface area contributed by atoms with Crippen molar-refractivity contribution in [3.8, 4) is 5.75 Å². The Morgan fingerprint density at radius 3 is 2.38 bits per heavy atom. The lowest BCUT2D eigenvalue weighted by molar-refractivity contribution is 0.371. The van der Waals surface area contributed by atoms with Gasteiger partial charge in [-0.25, -0.2) is 0 Å². The van der Waals surface area contributed by atoms with E-state index in [1.165, 1.54) is 0 Å². The minimum atomic E-state index is -1.14. The third-order valence-electron chi connectivity index (χ3n) is 2.35. The van der Waals surface area contributed by atoms with E-state index in [1.54, 1.807) is 24.3 Å². The molecule has 2 unspecified atom stereocenters. The summed E-state index contributed by atoms with van der Waals surface area (Å²) in [5.41, 5.74) is 0.152. The molecule has 0 saturated heterocycles. The molecule has 0 aliphatic carbocycles. The molecule has 16 heavy (non-hydrogen) atoms. The Balaban J connectivity index is 2.78. The van der Waals surface area contributed by atoms with Crippen LogP contribution in [0.2, 0.25) is 0 Å². The maximum atomic E-state index is 12.2. The topological polar surface area (TPSA) is 43.3 Å². The molecule has 1 aromatic carbocycles. The van der Waals surface area contributed by atoms with E-state index in [-0.39, 0.29) is 16.4 Å². The molecular weight excluding hydrogens is 220 g/mol. The van der Waals surface area contributed by atoms with Crippen molar-refractivity contribution in [2.45, 2.75) is 44.3 Å². The van der Waals surface area contributed by atoms with Crippen molar-refractivity contribution >= 4 is 11.2 Å². The minimum absolute atomic E-state index is 0.0494. The molecule has 0 aliphatic heterocycles. The van der Waals surface area contributed by atoms with Crippen LogP contribution in [0.5, 0.6) is 5.75 Å². The maximum Gasteiger partial charge on any atom is 0.194 e. The maximum absolute atomic E-state index is 12.2. The molecule has 1 rings (SSSR count). The lowest BCUT2D eigenvalue weighted by Crippen LogP contribution is -2.24. The normalized spacial score (nSPS) is 15.8. The molecule has 1 N–H and O–H groups in total. The van der Waals surface area contributed by atoms with Crippen molar-refractivity contribution in [2.75, 3.05) is 0 Å². The van der Waals surface area contributed by atoms with Crippen LogP contribution in [0.1, 0.15) is 34.1 Å². The van der Waals surface area contributed by atoms with Crippen LogP contribution in [0.15, 0.2) is 29.2 Å². The van der Waals surface area contributed by atoms with Crippen LogP contribution in [0.25, 0.3) is 0 Å². The Hall–Kier alpha value is -0.670. The average Bonchev–Trinajstić information content (AvgIpc) is 2.15. The highest BCUT2D eigenvalue weighted by Gasteiger charge is 2.27.